The average Bonchev–Trinajstić information content (AvgIpc) is 3.07. The molecule has 10 heteroatoms. The first-order valence-corrected chi connectivity index (χ1v) is 10.9. The van der Waals surface area contributed by atoms with Crippen LogP contribution in [0.15, 0.2) is 54.6 Å². The molecule has 1 fully saturated rings. The third kappa shape index (κ3) is 5.15. The van der Waals surface area contributed by atoms with E-state index in [1.807, 2.05) is 0 Å². The third-order valence-electron chi connectivity index (χ3n) is 4.39. The van der Waals surface area contributed by atoms with E-state index in [1.54, 1.807) is 36.4 Å². The molecule has 0 aromatic heterocycles. The van der Waals surface area contributed by atoms with E-state index in [2.05, 4.69) is 10.6 Å². The van der Waals surface area contributed by atoms with Crippen LogP contribution in [0.4, 0.5) is 16.2 Å². The fraction of sp³-hybridized carbons (Fsp3) is 0.250. The van der Waals surface area contributed by atoms with Crippen molar-refractivity contribution in [3.63, 3.8) is 0 Å². The van der Waals surface area contributed by atoms with Crippen LogP contribution < -0.4 is 14.9 Å². The highest BCUT2D eigenvalue weighted by Gasteiger charge is 2.29. The molecule has 2 aromatic carbocycles. The number of urea groups is 1. The van der Waals surface area contributed by atoms with Crippen molar-refractivity contribution >= 4 is 39.3 Å². The minimum absolute atomic E-state index is 0.0594. The first-order chi connectivity index (χ1) is 14.3. The van der Waals surface area contributed by atoms with Gasteiger partial charge in [-0.3, -0.25) is 14.4 Å². The highest BCUT2D eigenvalue weighted by molar-refractivity contribution is 7.93. The van der Waals surface area contributed by atoms with Gasteiger partial charge in [0.25, 0.3) is 5.91 Å². The van der Waals surface area contributed by atoms with E-state index < -0.39 is 34.0 Å². The number of anilines is 2. The number of para-hydroxylation sites is 1. The minimum Gasteiger partial charge on any atom is -0.449 e. The van der Waals surface area contributed by atoms with Crippen LogP contribution in [0.5, 0.6) is 0 Å². The number of sulfonamides is 1. The fourth-order valence-electron chi connectivity index (χ4n) is 2.90. The highest BCUT2D eigenvalue weighted by atomic mass is 32.2. The van der Waals surface area contributed by atoms with Crippen LogP contribution >= 0.6 is 0 Å². The van der Waals surface area contributed by atoms with Crippen LogP contribution in [0.25, 0.3) is 0 Å². The molecule has 158 valence electrons. The predicted octanol–water partition coefficient (Wildman–Crippen LogP) is 2.12. The molecule has 0 aliphatic carbocycles. The predicted molar refractivity (Wildman–Crippen MR) is 111 cm³/mol. The number of amides is 3. The molecule has 0 spiro atoms. The van der Waals surface area contributed by atoms with Crippen molar-refractivity contribution in [2.45, 2.75) is 19.4 Å². The smallest absolute Gasteiger partial charge is 0.338 e. The van der Waals surface area contributed by atoms with E-state index in [4.69, 9.17) is 4.74 Å². The van der Waals surface area contributed by atoms with E-state index in [1.165, 1.54) is 29.4 Å². The van der Waals surface area contributed by atoms with Crippen LogP contribution in [-0.4, -0.2) is 44.7 Å². The summed E-state index contributed by atoms with van der Waals surface area (Å²) in [4.78, 5) is 36.4. The number of hydrogen-bond acceptors (Lipinski definition) is 6. The van der Waals surface area contributed by atoms with Crippen LogP contribution in [0.2, 0.25) is 0 Å². The van der Waals surface area contributed by atoms with Gasteiger partial charge in [-0.05, 0) is 43.7 Å². The van der Waals surface area contributed by atoms with Gasteiger partial charge in [0.1, 0.15) is 0 Å². The number of hydrogen-bond donors (Lipinski definition) is 2. The average molecular weight is 431 g/mol. The van der Waals surface area contributed by atoms with Gasteiger partial charge in [0.15, 0.2) is 6.10 Å². The Morgan fingerprint density at radius 2 is 1.80 bits per heavy atom. The van der Waals surface area contributed by atoms with E-state index in [9.17, 15) is 22.8 Å². The monoisotopic (exact) mass is 431 g/mol. The summed E-state index contributed by atoms with van der Waals surface area (Å²) < 4.78 is 30.5. The molecule has 30 heavy (non-hydrogen) atoms. The lowest BCUT2D eigenvalue weighted by molar-refractivity contribution is -0.127. The topological polar surface area (TPSA) is 122 Å². The Labute approximate surface area is 174 Å². The molecule has 0 saturated carbocycles. The van der Waals surface area contributed by atoms with Crippen molar-refractivity contribution in [2.75, 3.05) is 21.9 Å². The van der Waals surface area contributed by atoms with Crippen LogP contribution in [0, 0.1) is 0 Å². The molecule has 3 rings (SSSR count). The lowest BCUT2D eigenvalue weighted by Gasteiger charge is -2.18. The Bertz CT molecular complexity index is 1060. The quantitative estimate of drug-likeness (QED) is 0.700. The fourth-order valence-corrected chi connectivity index (χ4v) is 4.45. The summed E-state index contributed by atoms with van der Waals surface area (Å²) in [5.41, 5.74) is 0.963. The third-order valence-corrected chi connectivity index (χ3v) is 6.26. The molecule has 1 atom stereocenters. The van der Waals surface area contributed by atoms with Gasteiger partial charge in [-0.2, -0.15) is 0 Å². The van der Waals surface area contributed by atoms with Gasteiger partial charge < -0.3 is 10.1 Å². The second-order valence-corrected chi connectivity index (χ2v) is 8.66. The maximum Gasteiger partial charge on any atom is 0.338 e. The number of nitrogens with one attached hydrogen (secondary N) is 2. The summed E-state index contributed by atoms with van der Waals surface area (Å²) in [7, 11) is -3.39. The SMILES string of the molecule is CC(OC(=O)c1cccc(N2CCCS2(=O)=O)c1)C(=O)NC(=O)Nc1ccccc1. The van der Waals surface area contributed by atoms with Gasteiger partial charge in [0.05, 0.1) is 17.0 Å². The zero-order valence-corrected chi connectivity index (χ0v) is 17.0. The molecule has 2 N–H and O–H groups in total. The normalized spacial score (nSPS) is 15.8. The number of esters is 1. The summed E-state index contributed by atoms with van der Waals surface area (Å²) in [5.74, 6) is -1.54. The molecule has 1 aliphatic rings. The van der Waals surface area contributed by atoms with E-state index in [0.29, 0.717) is 24.3 Å². The van der Waals surface area contributed by atoms with Gasteiger partial charge >= 0.3 is 12.0 Å². The number of benzene rings is 2. The van der Waals surface area contributed by atoms with Crippen molar-refractivity contribution in [3.05, 3.63) is 60.2 Å². The van der Waals surface area contributed by atoms with Crippen molar-refractivity contribution in [1.29, 1.82) is 0 Å². The summed E-state index contributed by atoms with van der Waals surface area (Å²) in [6, 6.07) is 13.8. The number of nitrogens with zero attached hydrogens (tertiary/aromatic N) is 1. The number of carbonyl (C=O) groups excluding carboxylic acids is 3. The van der Waals surface area contributed by atoms with Crippen molar-refractivity contribution in [1.82, 2.24) is 5.32 Å². The molecular formula is C20H21N3O6S. The van der Waals surface area contributed by atoms with Gasteiger partial charge in [-0.1, -0.05) is 24.3 Å². The standard InChI is InChI=1S/C20H21N3O6S/c1-14(18(24)22-20(26)21-16-8-3-2-4-9-16)29-19(25)15-7-5-10-17(13-15)23-11-6-12-30(23,27)28/h2-5,7-10,13-14H,6,11-12H2,1H3,(H2,21,22,24,26). The molecule has 1 saturated heterocycles. The van der Waals surface area contributed by atoms with Crippen molar-refractivity contribution in [2.24, 2.45) is 0 Å². The zero-order chi connectivity index (χ0) is 21.7. The molecule has 1 heterocycles. The summed E-state index contributed by atoms with van der Waals surface area (Å²) in [6.07, 6.45) is -0.725. The molecular weight excluding hydrogens is 410 g/mol. The number of carbonyl (C=O) groups is 3. The van der Waals surface area contributed by atoms with Gasteiger partial charge in [-0.15, -0.1) is 0 Å². The van der Waals surface area contributed by atoms with Crippen molar-refractivity contribution in [3.8, 4) is 0 Å². The summed E-state index contributed by atoms with van der Waals surface area (Å²) in [5, 5.41) is 4.58. The van der Waals surface area contributed by atoms with Gasteiger partial charge in [-0.25, -0.2) is 18.0 Å². The van der Waals surface area contributed by atoms with E-state index in [-0.39, 0.29) is 11.3 Å². The Hall–Kier alpha value is -3.40. The van der Waals surface area contributed by atoms with Crippen molar-refractivity contribution < 1.29 is 27.5 Å². The van der Waals surface area contributed by atoms with Crippen LogP contribution in [-0.2, 0) is 19.6 Å². The second-order valence-electron chi connectivity index (χ2n) is 6.65. The Kier molecular flexibility index (Phi) is 6.36. The Morgan fingerprint density at radius 3 is 2.47 bits per heavy atom. The largest absolute Gasteiger partial charge is 0.449 e. The molecule has 0 bridgehead atoms. The molecule has 9 nitrogen and oxygen atoms in total. The van der Waals surface area contributed by atoms with Gasteiger partial charge in [0, 0.05) is 12.2 Å². The van der Waals surface area contributed by atoms with E-state index in [0.717, 1.165) is 0 Å². The Balaban J connectivity index is 1.59. The van der Waals surface area contributed by atoms with Crippen LogP contribution in [0.3, 0.4) is 0 Å². The van der Waals surface area contributed by atoms with E-state index >= 15 is 0 Å². The van der Waals surface area contributed by atoms with Gasteiger partial charge in [0.2, 0.25) is 10.0 Å². The first kappa shape index (κ1) is 21.3. The molecule has 3 amide bonds. The highest BCUT2D eigenvalue weighted by Crippen LogP contribution is 2.25. The first-order valence-electron chi connectivity index (χ1n) is 9.24. The molecule has 2 aromatic rings. The number of ether oxygens (including phenoxy) is 1. The maximum absolute atomic E-state index is 12.4. The molecule has 0 radical (unpaired) electrons. The summed E-state index contributed by atoms with van der Waals surface area (Å²) >= 11 is 0. The minimum atomic E-state index is -3.39. The lowest BCUT2D eigenvalue weighted by atomic mass is 10.2. The molecule has 1 aliphatic heterocycles. The number of rotatable bonds is 5. The number of imide groups is 1. The van der Waals surface area contributed by atoms with Crippen LogP contribution in [0.1, 0.15) is 23.7 Å². The lowest BCUT2D eigenvalue weighted by Crippen LogP contribution is -2.41. The maximum atomic E-state index is 12.4. The Morgan fingerprint density at radius 1 is 1.07 bits per heavy atom. The zero-order valence-electron chi connectivity index (χ0n) is 16.2. The summed E-state index contributed by atoms with van der Waals surface area (Å²) in [6.45, 7) is 1.67. The molecule has 1 unspecified atom stereocenters. The second kappa shape index (κ2) is 8.95.